The predicted molar refractivity (Wildman–Crippen MR) is 109 cm³/mol. The maximum Gasteiger partial charge on any atom is 0.241 e. The molecule has 0 amide bonds. The van der Waals surface area contributed by atoms with E-state index in [2.05, 4.69) is 44.3 Å². The van der Waals surface area contributed by atoms with E-state index in [1.165, 1.54) is 38.0 Å². The number of piperidine rings is 1. The summed E-state index contributed by atoms with van der Waals surface area (Å²) in [7, 11) is 0. The minimum Gasteiger partial charge on any atom is -0.338 e. The van der Waals surface area contributed by atoms with Gasteiger partial charge in [0, 0.05) is 38.3 Å². The Hall–Kier alpha value is -1.47. The minimum atomic E-state index is 0. The van der Waals surface area contributed by atoms with Crippen molar-refractivity contribution in [2.24, 2.45) is 5.92 Å². The smallest absolute Gasteiger partial charge is 0.241 e. The van der Waals surface area contributed by atoms with E-state index < -0.39 is 0 Å². The van der Waals surface area contributed by atoms with Crippen LogP contribution in [0.1, 0.15) is 24.3 Å². The minimum absolute atomic E-state index is 0. The Labute approximate surface area is 167 Å². The average molecular weight is 392 g/mol. The molecule has 6 nitrogen and oxygen atoms in total. The Bertz CT molecular complexity index is 691. The number of hydrogen-bond acceptors (Lipinski definition) is 6. The lowest BCUT2D eigenvalue weighted by atomic mass is 9.97. The molecule has 0 radical (unpaired) electrons. The molecule has 0 aliphatic carbocycles. The van der Waals surface area contributed by atoms with E-state index in [4.69, 9.17) is 4.52 Å². The quantitative estimate of drug-likeness (QED) is 0.845. The molecule has 2 fully saturated rings. The summed E-state index contributed by atoms with van der Waals surface area (Å²) < 4.78 is 5.48. The van der Waals surface area contributed by atoms with Crippen LogP contribution < -0.4 is 5.32 Å². The van der Waals surface area contributed by atoms with Crippen LogP contribution in [0.15, 0.2) is 28.8 Å². The zero-order chi connectivity index (χ0) is 17.8. The van der Waals surface area contributed by atoms with Gasteiger partial charge in [0.1, 0.15) is 0 Å². The topological polar surface area (TPSA) is 57.4 Å². The molecule has 1 N–H and O–H groups in total. The third-order valence-electron chi connectivity index (χ3n) is 5.58. The van der Waals surface area contributed by atoms with Gasteiger partial charge in [-0.05, 0) is 38.8 Å². The fourth-order valence-corrected chi connectivity index (χ4v) is 3.89. The third-order valence-corrected chi connectivity index (χ3v) is 5.58. The second-order valence-corrected chi connectivity index (χ2v) is 7.65. The van der Waals surface area contributed by atoms with Crippen LogP contribution in [-0.4, -0.2) is 65.8 Å². The number of nitrogens with zero attached hydrogens (tertiary/aromatic N) is 4. The number of hydrogen-bond donors (Lipinski definition) is 1. The SMILES string of the molecule is Cc1ccc(-c2noc(CN3CCN(CC4CCNCC4)CC3)n2)cc1.Cl. The Morgan fingerprint density at radius 1 is 1.04 bits per heavy atom. The van der Waals surface area contributed by atoms with Gasteiger partial charge in [0.15, 0.2) is 0 Å². The molecule has 1 aromatic heterocycles. The monoisotopic (exact) mass is 391 g/mol. The van der Waals surface area contributed by atoms with Gasteiger partial charge in [-0.1, -0.05) is 35.0 Å². The van der Waals surface area contributed by atoms with E-state index in [-0.39, 0.29) is 12.4 Å². The number of benzene rings is 1. The lowest BCUT2D eigenvalue weighted by Gasteiger charge is -2.36. The van der Waals surface area contributed by atoms with Crippen molar-refractivity contribution in [3.63, 3.8) is 0 Å². The molecule has 0 bridgehead atoms. The van der Waals surface area contributed by atoms with E-state index in [0.29, 0.717) is 11.7 Å². The molecular weight excluding hydrogens is 362 g/mol. The summed E-state index contributed by atoms with van der Waals surface area (Å²) in [6.45, 7) is 10.9. The van der Waals surface area contributed by atoms with Crippen LogP contribution in [0.3, 0.4) is 0 Å². The second kappa shape index (κ2) is 9.64. The van der Waals surface area contributed by atoms with Crippen molar-refractivity contribution in [1.29, 1.82) is 0 Å². The Balaban J connectivity index is 0.00000210. The van der Waals surface area contributed by atoms with Gasteiger partial charge in [0.05, 0.1) is 6.54 Å². The molecule has 0 unspecified atom stereocenters. The van der Waals surface area contributed by atoms with E-state index >= 15 is 0 Å². The number of halogens is 1. The molecule has 0 spiro atoms. The highest BCUT2D eigenvalue weighted by Crippen LogP contribution is 2.18. The third kappa shape index (κ3) is 5.51. The summed E-state index contributed by atoms with van der Waals surface area (Å²) >= 11 is 0. The number of aromatic nitrogens is 2. The van der Waals surface area contributed by atoms with Gasteiger partial charge >= 0.3 is 0 Å². The first kappa shape index (κ1) is 20.3. The summed E-state index contributed by atoms with van der Waals surface area (Å²) in [5.74, 6) is 2.27. The Kier molecular flexibility index (Phi) is 7.24. The van der Waals surface area contributed by atoms with Gasteiger partial charge in [0.2, 0.25) is 11.7 Å². The van der Waals surface area contributed by atoms with E-state index in [1.807, 2.05) is 12.1 Å². The number of piperazine rings is 1. The molecule has 0 atom stereocenters. The first-order valence-electron chi connectivity index (χ1n) is 9.81. The molecule has 2 aliphatic heterocycles. The van der Waals surface area contributed by atoms with Gasteiger partial charge in [0.25, 0.3) is 0 Å². The maximum atomic E-state index is 5.48. The summed E-state index contributed by atoms with van der Waals surface area (Å²) in [4.78, 5) is 9.62. The molecule has 1 aromatic carbocycles. The molecule has 2 aromatic rings. The lowest BCUT2D eigenvalue weighted by molar-refractivity contribution is 0.0990. The fraction of sp³-hybridized carbons (Fsp3) is 0.600. The van der Waals surface area contributed by atoms with Crippen LogP contribution in [0.25, 0.3) is 11.4 Å². The van der Waals surface area contributed by atoms with Crippen LogP contribution in [0.5, 0.6) is 0 Å². The first-order valence-corrected chi connectivity index (χ1v) is 9.81. The lowest BCUT2D eigenvalue weighted by Crippen LogP contribution is -2.48. The van der Waals surface area contributed by atoms with Gasteiger partial charge in [-0.3, -0.25) is 4.90 Å². The maximum absolute atomic E-state index is 5.48. The molecular formula is C20H30ClN5O. The van der Waals surface area contributed by atoms with E-state index in [9.17, 15) is 0 Å². The molecule has 27 heavy (non-hydrogen) atoms. The number of rotatable bonds is 5. The van der Waals surface area contributed by atoms with Crippen molar-refractivity contribution in [2.75, 3.05) is 45.8 Å². The predicted octanol–water partition coefficient (Wildman–Crippen LogP) is 2.58. The highest BCUT2D eigenvalue weighted by atomic mass is 35.5. The molecule has 4 rings (SSSR count). The summed E-state index contributed by atoms with van der Waals surface area (Å²) in [5.41, 5.74) is 2.25. The van der Waals surface area contributed by atoms with E-state index in [1.54, 1.807) is 0 Å². The second-order valence-electron chi connectivity index (χ2n) is 7.65. The van der Waals surface area contributed by atoms with Crippen LogP contribution in [0.4, 0.5) is 0 Å². The summed E-state index contributed by atoms with van der Waals surface area (Å²) in [6.07, 6.45) is 2.65. The van der Waals surface area contributed by atoms with E-state index in [0.717, 1.165) is 44.2 Å². The fourth-order valence-electron chi connectivity index (χ4n) is 3.89. The van der Waals surface area contributed by atoms with Crippen molar-refractivity contribution in [3.05, 3.63) is 35.7 Å². The molecule has 2 aliphatic rings. The van der Waals surface area contributed by atoms with Crippen molar-refractivity contribution in [1.82, 2.24) is 25.3 Å². The molecule has 3 heterocycles. The van der Waals surface area contributed by atoms with Crippen molar-refractivity contribution in [3.8, 4) is 11.4 Å². The highest BCUT2D eigenvalue weighted by molar-refractivity contribution is 5.85. The zero-order valence-corrected chi connectivity index (χ0v) is 16.9. The molecule has 0 saturated carbocycles. The van der Waals surface area contributed by atoms with Crippen molar-refractivity contribution >= 4 is 12.4 Å². The van der Waals surface area contributed by atoms with Crippen molar-refractivity contribution in [2.45, 2.75) is 26.3 Å². The summed E-state index contributed by atoms with van der Waals surface area (Å²) in [5, 5.41) is 7.60. The van der Waals surface area contributed by atoms with Gasteiger partial charge in [-0.2, -0.15) is 4.98 Å². The number of aryl methyl sites for hydroxylation is 1. The van der Waals surface area contributed by atoms with Crippen LogP contribution in [-0.2, 0) is 6.54 Å². The normalized spacial score (nSPS) is 19.7. The number of nitrogens with one attached hydrogen (secondary N) is 1. The zero-order valence-electron chi connectivity index (χ0n) is 16.1. The molecule has 2 saturated heterocycles. The van der Waals surface area contributed by atoms with Crippen molar-refractivity contribution < 1.29 is 4.52 Å². The molecule has 148 valence electrons. The summed E-state index contributed by atoms with van der Waals surface area (Å²) in [6, 6.07) is 8.24. The standard InChI is InChI=1S/C20H29N5O.ClH/c1-16-2-4-18(5-3-16)20-22-19(26-23-20)15-25-12-10-24(11-13-25)14-17-6-8-21-9-7-17;/h2-5,17,21H,6-15H2,1H3;1H. The van der Waals surface area contributed by atoms with Crippen LogP contribution in [0.2, 0.25) is 0 Å². The van der Waals surface area contributed by atoms with Gasteiger partial charge in [-0.15, -0.1) is 12.4 Å². The van der Waals surface area contributed by atoms with Gasteiger partial charge < -0.3 is 14.7 Å². The van der Waals surface area contributed by atoms with Crippen LogP contribution >= 0.6 is 12.4 Å². The highest BCUT2D eigenvalue weighted by Gasteiger charge is 2.22. The van der Waals surface area contributed by atoms with Crippen LogP contribution in [0, 0.1) is 12.8 Å². The van der Waals surface area contributed by atoms with Gasteiger partial charge in [-0.25, -0.2) is 0 Å². The first-order chi connectivity index (χ1) is 12.8. The average Bonchev–Trinajstić information content (AvgIpc) is 3.13. The Morgan fingerprint density at radius 2 is 1.70 bits per heavy atom. The molecule has 7 heteroatoms. The Morgan fingerprint density at radius 3 is 2.41 bits per heavy atom. The largest absolute Gasteiger partial charge is 0.338 e.